The van der Waals surface area contributed by atoms with Crippen molar-refractivity contribution in [1.82, 2.24) is 31.4 Å². The lowest BCUT2D eigenvalue weighted by Crippen LogP contribution is -2.61. The molecule has 0 spiro atoms. The van der Waals surface area contributed by atoms with E-state index in [0.717, 1.165) is 28.6 Å². The first-order chi connectivity index (χ1) is 22.3. The monoisotopic (exact) mass is 650 g/mol. The summed E-state index contributed by atoms with van der Waals surface area (Å²) in [6, 6.07) is 6.27. The predicted octanol–water partition coefficient (Wildman–Crippen LogP) is 2.15. The average molecular weight is 651 g/mol. The third-order valence-corrected chi connectivity index (χ3v) is 8.49. The maximum atomic E-state index is 13.9. The Balaban J connectivity index is 1.52. The van der Waals surface area contributed by atoms with Gasteiger partial charge in [-0.25, -0.2) is 5.43 Å². The largest absolute Gasteiger partial charge is 0.480 e. The fourth-order valence-corrected chi connectivity index (χ4v) is 5.64. The Bertz CT molecular complexity index is 1530. The minimum absolute atomic E-state index is 0.0760. The van der Waals surface area contributed by atoms with Crippen LogP contribution in [0.15, 0.2) is 36.4 Å². The van der Waals surface area contributed by atoms with Gasteiger partial charge >= 0.3 is 11.9 Å². The number of carboxylic acid groups (broad SMARTS) is 1. The summed E-state index contributed by atoms with van der Waals surface area (Å²) < 4.78 is 5.62. The second-order valence-corrected chi connectivity index (χ2v) is 12.9. The van der Waals surface area contributed by atoms with Gasteiger partial charge in [0.05, 0.1) is 5.52 Å². The number of esters is 1. The van der Waals surface area contributed by atoms with Crippen LogP contribution in [0.5, 0.6) is 0 Å². The Morgan fingerprint density at radius 2 is 1.81 bits per heavy atom. The van der Waals surface area contributed by atoms with Gasteiger partial charge in [-0.15, -0.1) is 0 Å². The second-order valence-electron chi connectivity index (χ2n) is 12.9. The SMILES string of the molecule is CCc1ccc2ccc(/C=C/[C@@H](C(=O)N[C@H](C(=O)N[C@@H](C)C(=O)N3CCC[C@@H](C(=O)O)N3)C(C)C)[C@@H]3N[C@@H](C(C)C)C(=O)O3)cc2n1. The molecule has 0 bridgehead atoms. The minimum atomic E-state index is -1.06. The number of carbonyl (C=O) groups excluding carboxylic acids is 4. The molecule has 0 aliphatic carbocycles. The van der Waals surface area contributed by atoms with Gasteiger partial charge in [-0.1, -0.05) is 65.0 Å². The molecule has 1 aromatic heterocycles. The van der Waals surface area contributed by atoms with Crippen molar-refractivity contribution < 1.29 is 33.8 Å². The lowest BCUT2D eigenvalue weighted by molar-refractivity contribution is -0.148. The van der Waals surface area contributed by atoms with Gasteiger partial charge in [-0.3, -0.25) is 39.3 Å². The molecule has 13 nitrogen and oxygen atoms in total. The molecule has 4 rings (SSSR count). The maximum absolute atomic E-state index is 13.9. The maximum Gasteiger partial charge on any atom is 0.325 e. The quantitative estimate of drug-likeness (QED) is 0.214. The number of benzene rings is 1. The van der Waals surface area contributed by atoms with Gasteiger partial charge in [-0.05, 0) is 55.7 Å². The minimum Gasteiger partial charge on any atom is -0.480 e. The Kier molecular flexibility index (Phi) is 11.7. The normalized spacial score (nSPS) is 21.9. The third kappa shape index (κ3) is 8.72. The highest BCUT2D eigenvalue weighted by molar-refractivity contribution is 5.93. The van der Waals surface area contributed by atoms with E-state index in [2.05, 4.69) is 21.4 Å². The first kappa shape index (κ1) is 35.5. The molecular formula is C34H46N6O7. The summed E-state index contributed by atoms with van der Waals surface area (Å²) in [5.74, 6) is -4.56. The highest BCUT2D eigenvalue weighted by Gasteiger charge is 2.42. The molecule has 0 saturated carbocycles. The number of carbonyl (C=O) groups is 5. The van der Waals surface area contributed by atoms with E-state index in [1.807, 2.05) is 51.1 Å². The summed E-state index contributed by atoms with van der Waals surface area (Å²) in [5.41, 5.74) is 5.27. The van der Waals surface area contributed by atoms with Crippen LogP contribution in [0.25, 0.3) is 17.0 Å². The van der Waals surface area contributed by atoms with E-state index in [0.29, 0.717) is 19.4 Å². The molecule has 1 aromatic carbocycles. The first-order valence-corrected chi connectivity index (χ1v) is 16.2. The number of fused-ring (bicyclic) bond motifs is 1. The zero-order valence-corrected chi connectivity index (χ0v) is 27.8. The first-order valence-electron chi connectivity index (χ1n) is 16.2. The molecule has 2 aliphatic rings. The van der Waals surface area contributed by atoms with E-state index in [1.54, 1.807) is 26.0 Å². The molecule has 5 N–H and O–H groups in total. The zero-order valence-electron chi connectivity index (χ0n) is 27.8. The number of nitrogens with one attached hydrogen (secondary N) is 4. The number of hydrogen-bond donors (Lipinski definition) is 5. The second kappa shape index (κ2) is 15.5. The molecule has 13 heteroatoms. The number of amides is 3. The average Bonchev–Trinajstić information content (AvgIpc) is 3.43. The van der Waals surface area contributed by atoms with E-state index in [4.69, 9.17) is 9.72 Å². The van der Waals surface area contributed by atoms with E-state index in [1.165, 1.54) is 11.9 Å². The number of nitrogens with zero attached hydrogens (tertiary/aromatic N) is 2. The number of hydrazine groups is 1. The number of aromatic nitrogens is 1. The van der Waals surface area contributed by atoms with Gasteiger partial charge in [0.15, 0.2) is 6.23 Å². The van der Waals surface area contributed by atoms with Crippen molar-refractivity contribution in [3.8, 4) is 0 Å². The molecule has 2 fully saturated rings. The summed E-state index contributed by atoms with van der Waals surface area (Å²) in [5, 5.41) is 20.2. The van der Waals surface area contributed by atoms with Crippen LogP contribution in [0.1, 0.15) is 65.6 Å². The van der Waals surface area contributed by atoms with Crippen molar-refractivity contribution in [2.24, 2.45) is 17.8 Å². The lowest BCUT2D eigenvalue weighted by atomic mass is 9.98. The van der Waals surface area contributed by atoms with Gasteiger partial charge in [0.25, 0.3) is 5.91 Å². The van der Waals surface area contributed by atoms with Gasteiger partial charge in [0.1, 0.15) is 30.1 Å². The number of aryl methyl sites for hydroxylation is 1. The van der Waals surface area contributed by atoms with Crippen LogP contribution >= 0.6 is 0 Å². The lowest BCUT2D eigenvalue weighted by Gasteiger charge is -2.34. The summed E-state index contributed by atoms with van der Waals surface area (Å²) in [4.78, 5) is 69.1. The zero-order chi connectivity index (χ0) is 34.4. The van der Waals surface area contributed by atoms with E-state index >= 15 is 0 Å². The van der Waals surface area contributed by atoms with Crippen LogP contribution < -0.4 is 21.4 Å². The molecular weight excluding hydrogens is 604 g/mol. The number of ether oxygens (including phenoxy) is 1. The van der Waals surface area contributed by atoms with Crippen molar-refractivity contribution in [2.75, 3.05) is 6.54 Å². The smallest absolute Gasteiger partial charge is 0.325 e. The molecule has 6 atom stereocenters. The fourth-order valence-electron chi connectivity index (χ4n) is 5.64. The van der Waals surface area contributed by atoms with Crippen LogP contribution in [0, 0.1) is 17.8 Å². The Hall–Kier alpha value is -4.36. The van der Waals surface area contributed by atoms with Crippen molar-refractivity contribution in [2.45, 2.75) is 91.2 Å². The highest BCUT2D eigenvalue weighted by atomic mass is 16.6. The van der Waals surface area contributed by atoms with Crippen molar-refractivity contribution in [3.63, 3.8) is 0 Å². The number of pyridine rings is 1. The molecule has 2 aromatic rings. The molecule has 47 heavy (non-hydrogen) atoms. The van der Waals surface area contributed by atoms with Crippen molar-refractivity contribution in [3.05, 3.63) is 47.7 Å². The highest BCUT2D eigenvalue weighted by Crippen LogP contribution is 2.23. The van der Waals surface area contributed by atoms with Crippen LogP contribution in [0.2, 0.25) is 0 Å². The molecule has 0 unspecified atom stereocenters. The number of cyclic esters (lactones) is 1. The van der Waals surface area contributed by atoms with Gasteiger partial charge < -0.3 is 20.5 Å². The molecule has 3 heterocycles. The Morgan fingerprint density at radius 3 is 2.45 bits per heavy atom. The Labute approximate surface area is 274 Å². The van der Waals surface area contributed by atoms with Crippen LogP contribution in [-0.2, 0) is 35.1 Å². The van der Waals surface area contributed by atoms with Gasteiger partial charge in [-0.2, -0.15) is 0 Å². The van der Waals surface area contributed by atoms with Crippen molar-refractivity contribution >= 4 is 46.6 Å². The fraction of sp³-hybridized carbons (Fsp3) is 0.529. The number of hydrogen-bond acceptors (Lipinski definition) is 9. The predicted molar refractivity (Wildman–Crippen MR) is 175 cm³/mol. The summed E-state index contributed by atoms with van der Waals surface area (Å²) in [6.45, 7) is 11.1. The third-order valence-electron chi connectivity index (χ3n) is 8.49. The number of carboxylic acids is 1. The number of rotatable bonds is 12. The molecule has 2 aliphatic heterocycles. The molecule has 0 radical (unpaired) electrons. The molecule has 2 saturated heterocycles. The number of aliphatic carboxylic acids is 1. The summed E-state index contributed by atoms with van der Waals surface area (Å²) in [7, 11) is 0. The topological polar surface area (TPSA) is 179 Å². The standard InChI is InChI=1S/C34H46N6O7/c1-7-23-14-13-22-12-10-21(17-26(22)36-23)11-15-24(31-38-28(19(4)5)34(46)47-31)29(41)37-27(18(2)3)30(42)35-20(6)32(43)40-16-8-9-25(39-40)33(44)45/h10-15,17-20,24-25,27-28,31,38-39H,7-9,16H2,1-6H3,(H,35,42)(H,37,41)(H,44,45)/b15-11+/t20-,24-,25-,27-,28-,31+/m0/s1. The van der Waals surface area contributed by atoms with Gasteiger partial charge in [0, 0.05) is 17.6 Å². The van der Waals surface area contributed by atoms with Crippen LogP contribution in [0.4, 0.5) is 0 Å². The van der Waals surface area contributed by atoms with E-state index in [9.17, 15) is 29.1 Å². The van der Waals surface area contributed by atoms with E-state index in [-0.39, 0.29) is 11.8 Å². The summed E-state index contributed by atoms with van der Waals surface area (Å²) in [6.07, 6.45) is 4.13. The van der Waals surface area contributed by atoms with Gasteiger partial charge in [0.2, 0.25) is 11.8 Å². The van der Waals surface area contributed by atoms with Crippen LogP contribution in [-0.4, -0.2) is 81.7 Å². The van der Waals surface area contributed by atoms with Crippen molar-refractivity contribution in [1.29, 1.82) is 0 Å². The Morgan fingerprint density at radius 1 is 1.09 bits per heavy atom. The van der Waals surface area contributed by atoms with Crippen LogP contribution in [0.3, 0.4) is 0 Å². The van der Waals surface area contributed by atoms with E-state index < -0.39 is 66.0 Å². The molecule has 3 amide bonds. The summed E-state index contributed by atoms with van der Waals surface area (Å²) >= 11 is 0. The molecule has 254 valence electrons.